The summed E-state index contributed by atoms with van der Waals surface area (Å²) in [7, 11) is -0.917. The first-order chi connectivity index (χ1) is 1.41. The van der Waals surface area contributed by atoms with Crippen LogP contribution in [0.3, 0.4) is 0 Å². The van der Waals surface area contributed by atoms with Gasteiger partial charge in [-0.3, -0.25) is 0 Å². The predicted molar refractivity (Wildman–Crippen MR) is 13.8 cm³/mol. The van der Waals surface area contributed by atoms with Gasteiger partial charge in [-0.15, -0.1) is 0 Å². The third-order valence-electron chi connectivity index (χ3n) is 0. The molecule has 0 atom stereocenters. The molecule has 0 aromatic carbocycles. The van der Waals surface area contributed by atoms with Crippen LogP contribution in [0.5, 0.6) is 0 Å². The lowest BCUT2D eigenvalue weighted by Crippen LogP contribution is -1.75. The molecule has 4 N–H and O–H groups in total. The maximum absolute atomic E-state index is 7.15. The molecule has 0 aliphatic rings. The molecule has 0 aliphatic carbocycles. The fourth-order valence-corrected chi connectivity index (χ4v) is 0. The first kappa shape index (κ1) is 8.94. The van der Waals surface area contributed by atoms with E-state index in [1.165, 1.54) is 0 Å². The summed E-state index contributed by atoms with van der Waals surface area (Å²) in [5, 5.41) is 0. The van der Waals surface area contributed by atoms with Gasteiger partial charge in [-0.2, -0.15) is 0 Å². The summed E-state index contributed by atoms with van der Waals surface area (Å²) in [4.78, 5) is 14.3. The SMILES string of the molecule is O.O[Si]O. The van der Waals surface area contributed by atoms with Crippen LogP contribution in [0.25, 0.3) is 0 Å². The summed E-state index contributed by atoms with van der Waals surface area (Å²) in [6, 6.07) is 0. The second-order valence-electron chi connectivity index (χ2n) is 0.100. The summed E-state index contributed by atoms with van der Waals surface area (Å²) in [6.07, 6.45) is 0. The van der Waals surface area contributed by atoms with Gasteiger partial charge in [0.25, 0.3) is 0 Å². The minimum Gasteiger partial charge on any atom is -0.412 e. The van der Waals surface area contributed by atoms with E-state index in [0.717, 1.165) is 0 Å². The zero-order valence-corrected chi connectivity index (χ0v) is 2.89. The molecule has 0 aromatic rings. The number of rotatable bonds is 0. The van der Waals surface area contributed by atoms with Gasteiger partial charge in [0.15, 0.2) is 0 Å². The van der Waals surface area contributed by atoms with Gasteiger partial charge in [-0.05, 0) is 0 Å². The molecule has 0 amide bonds. The van der Waals surface area contributed by atoms with Crippen molar-refractivity contribution < 1.29 is 15.1 Å². The fourth-order valence-electron chi connectivity index (χ4n) is 0. The largest absolute Gasteiger partial charge is 0.427 e. The highest BCUT2D eigenvalue weighted by Gasteiger charge is 1.48. The topological polar surface area (TPSA) is 72.0 Å². The van der Waals surface area contributed by atoms with Crippen LogP contribution in [0.2, 0.25) is 0 Å². The van der Waals surface area contributed by atoms with E-state index in [-0.39, 0.29) is 5.48 Å². The van der Waals surface area contributed by atoms with E-state index in [1.54, 1.807) is 0 Å². The van der Waals surface area contributed by atoms with Crippen molar-refractivity contribution in [2.24, 2.45) is 0 Å². The van der Waals surface area contributed by atoms with Gasteiger partial charge in [-0.25, -0.2) is 0 Å². The lowest BCUT2D eigenvalue weighted by atomic mass is 15.8. The maximum Gasteiger partial charge on any atom is 0.427 e. The zero-order valence-electron chi connectivity index (χ0n) is 1.89. The maximum atomic E-state index is 7.15. The van der Waals surface area contributed by atoms with Crippen molar-refractivity contribution in [3.63, 3.8) is 0 Å². The Bertz CT molecular complexity index is 3.25. The molecular formula is H4O3Si. The van der Waals surface area contributed by atoms with Crippen molar-refractivity contribution >= 4 is 10.0 Å². The molecule has 0 fully saturated rings. The van der Waals surface area contributed by atoms with Crippen LogP contribution in [0.15, 0.2) is 0 Å². The molecule has 0 bridgehead atoms. The average molecular weight is 80.1 g/mol. The van der Waals surface area contributed by atoms with Crippen molar-refractivity contribution in [1.82, 2.24) is 0 Å². The van der Waals surface area contributed by atoms with Crippen LogP contribution in [-0.4, -0.2) is 25.1 Å². The Morgan fingerprint density at radius 2 is 1.25 bits per heavy atom. The van der Waals surface area contributed by atoms with Crippen molar-refractivity contribution in [3.8, 4) is 0 Å². The Morgan fingerprint density at radius 3 is 1.25 bits per heavy atom. The third kappa shape index (κ3) is 269. The lowest BCUT2D eigenvalue weighted by molar-refractivity contribution is 0.448. The minimum absolute atomic E-state index is 0. The highest BCUT2D eigenvalue weighted by Crippen LogP contribution is 1.08. The Balaban J connectivity index is 0. The van der Waals surface area contributed by atoms with E-state index in [9.17, 15) is 0 Å². The fraction of sp³-hybridized carbons (Fsp3) is 0. The van der Waals surface area contributed by atoms with Gasteiger partial charge in [0, 0.05) is 0 Å². The van der Waals surface area contributed by atoms with Crippen LogP contribution >= 0.6 is 0 Å². The third-order valence-corrected chi connectivity index (χ3v) is 0. The molecule has 4 heavy (non-hydrogen) atoms. The first-order valence-electron chi connectivity index (χ1n) is 0.447. The molecule has 0 saturated carbocycles. The summed E-state index contributed by atoms with van der Waals surface area (Å²) in [5.74, 6) is 0. The van der Waals surface area contributed by atoms with Crippen LogP contribution in [0.1, 0.15) is 0 Å². The van der Waals surface area contributed by atoms with Crippen LogP contribution in [-0.2, 0) is 0 Å². The second-order valence-corrected chi connectivity index (χ2v) is 0.300. The molecule has 0 heterocycles. The number of hydrogen-bond acceptors (Lipinski definition) is 2. The molecule has 0 saturated heterocycles. The summed E-state index contributed by atoms with van der Waals surface area (Å²) in [6.45, 7) is 0. The monoisotopic (exact) mass is 80.0 g/mol. The molecule has 2 radical (unpaired) electrons. The minimum atomic E-state index is -0.917. The van der Waals surface area contributed by atoms with Crippen molar-refractivity contribution in [2.75, 3.05) is 0 Å². The molecular weight excluding hydrogens is 76.1 g/mol. The summed E-state index contributed by atoms with van der Waals surface area (Å²) in [5.41, 5.74) is 0. The van der Waals surface area contributed by atoms with Crippen molar-refractivity contribution in [1.29, 1.82) is 0 Å². The van der Waals surface area contributed by atoms with Gasteiger partial charge in [0.2, 0.25) is 0 Å². The van der Waals surface area contributed by atoms with Crippen LogP contribution in [0, 0.1) is 0 Å². The standard InChI is InChI=1S/H2O2Si.H2O/c1-3-2;/h1-2H;1H2. The zero-order chi connectivity index (χ0) is 2.71. The van der Waals surface area contributed by atoms with Gasteiger partial charge in [0.05, 0.1) is 0 Å². The quantitative estimate of drug-likeness (QED) is 0.321. The molecule has 0 spiro atoms. The van der Waals surface area contributed by atoms with E-state index in [0.29, 0.717) is 0 Å². The molecule has 0 aromatic heterocycles. The Labute approximate surface area is 26.3 Å². The highest BCUT2D eigenvalue weighted by molar-refractivity contribution is 6.13. The predicted octanol–water partition coefficient (Wildman–Crippen LogP) is -2.32. The smallest absolute Gasteiger partial charge is 0.412 e. The van der Waals surface area contributed by atoms with Gasteiger partial charge >= 0.3 is 10.0 Å². The number of hydrogen-bond donors (Lipinski definition) is 2. The van der Waals surface area contributed by atoms with E-state index < -0.39 is 10.0 Å². The molecule has 0 unspecified atom stereocenters. The Kier molecular flexibility index (Phi) is 25.3. The Hall–Kier alpha value is 0.0969. The van der Waals surface area contributed by atoms with Crippen molar-refractivity contribution in [2.45, 2.75) is 0 Å². The van der Waals surface area contributed by atoms with E-state index >= 15 is 0 Å². The summed E-state index contributed by atoms with van der Waals surface area (Å²) >= 11 is 0. The second kappa shape index (κ2) is 11.3. The van der Waals surface area contributed by atoms with E-state index in [1.807, 2.05) is 0 Å². The molecule has 0 aliphatic heterocycles. The molecule has 0 rings (SSSR count). The highest BCUT2D eigenvalue weighted by atomic mass is 28.2. The molecule has 26 valence electrons. The molecule has 3 nitrogen and oxygen atoms in total. The van der Waals surface area contributed by atoms with E-state index in [2.05, 4.69) is 0 Å². The van der Waals surface area contributed by atoms with Gasteiger partial charge in [-0.1, -0.05) is 0 Å². The van der Waals surface area contributed by atoms with Crippen LogP contribution < -0.4 is 0 Å². The van der Waals surface area contributed by atoms with E-state index in [4.69, 9.17) is 9.59 Å². The molecule has 4 heteroatoms. The van der Waals surface area contributed by atoms with Gasteiger partial charge in [0.1, 0.15) is 0 Å². The van der Waals surface area contributed by atoms with Crippen LogP contribution in [0.4, 0.5) is 0 Å². The Morgan fingerprint density at radius 1 is 1.25 bits per heavy atom. The summed E-state index contributed by atoms with van der Waals surface area (Å²) < 4.78 is 0. The lowest BCUT2D eigenvalue weighted by Gasteiger charge is -1.47. The van der Waals surface area contributed by atoms with Crippen molar-refractivity contribution in [3.05, 3.63) is 0 Å². The van der Waals surface area contributed by atoms with Gasteiger partial charge < -0.3 is 15.1 Å². The average Bonchev–Trinajstić information content (AvgIpc) is 0.918. The first-order valence-corrected chi connectivity index (χ1v) is 1.34. The normalized spacial score (nSPS) is 4.50.